The van der Waals surface area contributed by atoms with Crippen molar-refractivity contribution in [2.45, 2.75) is 32.9 Å². The van der Waals surface area contributed by atoms with Crippen LogP contribution in [0.25, 0.3) is 22.8 Å². The average molecular weight is 515 g/mol. The first-order valence-corrected chi connectivity index (χ1v) is 12.7. The van der Waals surface area contributed by atoms with Gasteiger partial charge >= 0.3 is 33.0 Å². The number of hydrogen-bond acceptors (Lipinski definition) is 3. The topological polar surface area (TPSA) is 47.5 Å². The Labute approximate surface area is 198 Å². The zero-order chi connectivity index (χ0) is 25.6. The summed E-state index contributed by atoms with van der Waals surface area (Å²) < 4.78 is 63.6. The Morgan fingerprint density at radius 3 is 1.83 bits per heavy atom. The first-order chi connectivity index (χ1) is 16.3. The number of imidazole rings is 1. The number of halogens is 6. The molecule has 4 heterocycles. The number of aryl methyl sites for hydroxylation is 1. The number of rotatable bonds is 7. The molecule has 0 spiro atoms. The van der Waals surface area contributed by atoms with Crippen LogP contribution in [0.15, 0.2) is 79.6 Å². The van der Waals surface area contributed by atoms with E-state index in [-0.39, 0.29) is 0 Å². The molecule has 0 amide bonds. The van der Waals surface area contributed by atoms with Crippen LogP contribution in [-0.4, -0.2) is 19.5 Å². The van der Waals surface area contributed by atoms with Crippen molar-refractivity contribution >= 4 is 7.81 Å². The molecule has 0 N–H and O–H groups in total. The molecular formula is C23H24F6N5P. The van der Waals surface area contributed by atoms with Gasteiger partial charge in [-0.2, -0.15) is 0 Å². The Hall–Kier alpha value is -3.33. The molecule has 4 aromatic heterocycles. The van der Waals surface area contributed by atoms with Gasteiger partial charge in [0.1, 0.15) is 18.9 Å². The van der Waals surface area contributed by atoms with Crippen LogP contribution in [0.3, 0.4) is 0 Å². The molecule has 0 saturated carbocycles. The predicted octanol–water partition coefficient (Wildman–Crippen LogP) is 7.53. The van der Waals surface area contributed by atoms with Crippen LogP contribution >= 0.6 is 7.81 Å². The van der Waals surface area contributed by atoms with Crippen LogP contribution in [0, 0.1) is 0 Å². The van der Waals surface area contributed by atoms with Crippen molar-refractivity contribution in [2.75, 3.05) is 0 Å². The second kappa shape index (κ2) is 9.73. The van der Waals surface area contributed by atoms with E-state index in [0.29, 0.717) is 0 Å². The zero-order valence-corrected chi connectivity index (χ0v) is 19.7. The van der Waals surface area contributed by atoms with Gasteiger partial charge in [-0.1, -0.05) is 25.5 Å². The Bertz CT molecular complexity index is 1180. The molecule has 188 valence electrons. The van der Waals surface area contributed by atoms with E-state index < -0.39 is 7.81 Å². The van der Waals surface area contributed by atoms with Gasteiger partial charge in [0.15, 0.2) is 0 Å². The quantitative estimate of drug-likeness (QED) is 0.145. The van der Waals surface area contributed by atoms with Crippen LogP contribution in [0.5, 0.6) is 0 Å². The fourth-order valence-electron chi connectivity index (χ4n) is 3.19. The van der Waals surface area contributed by atoms with E-state index in [1.54, 1.807) is 12.4 Å². The average Bonchev–Trinajstić information content (AvgIpc) is 3.23. The molecule has 4 rings (SSSR count). The SMILES string of the molecule is CCCCn1cc[n+](Cc2cc(-c3ccccn3)nc(-c3ccccn3)c2)c1.F[P-](F)(F)(F)(F)F. The second-order valence-corrected chi connectivity index (χ2v) is 9.73. The van der Waals surface area contributed by atoms with E-state index in [1.807, 2.05) is 36.4 Å². The van der Waals surface area contributed by atoms with Gasteiger partial charge in [-0.3, -0.25) is 9.97 Å². The van der Waals surface area contributed by atoms with Crippen molar-refractivity contribution in [3.05, 3.63) is 85.2 Å². The van der Waals surface area contributed by atoms with Crippen LogP contribution in [-0.2, 0) is 13.1 Å². The standard InChI is InChI=1S/C23H24N5.F6P/c1-2-3-12-27-13-14-28(18-27)17-19-15-22(20-8-4-6-10-24-20)26-23(16-19)21-9-5-7-11-25-21;1-7(2,3,4,5)6/h4-11,13-16,18H,2-3,12,17H2,1H3;/q+1;-1. The minimum absolute atomic E-state index is 0.779. The molecule has 0 aliphatic heterocycles. The minimum atomic E-state index is -10.7. The molecule has 4 aromatic rings. The summed E-state index contributed by atoms with van der Waals surface area (Å²) in [7, 11) is -10.7. The van der Waals surface area contributed by atoms with Gasteiger partial charge in [0, 0.05) is 12.4 Å². The molecule has 0 aromatic carbocycles. The van der Waals surface area contributed by atoms with Gasteiger partial charge in [0.25, 0.3) is 0 Å². The molecule has 0 bridgehead atoms. The van der Waals surface area contributed by atoms with Gasteiger partial charge < -0.3 is 0 Å². The van der Waals surface area contributed by atoms with E-state index in [2.05, 4.69) is 56.9 Å². The van der Waals surface area contributed by atoms with Crippen molar-refractivity contribution in [3.63, 3.8) is 0 Å². The summed E-state index contributed by atoms with van der Waals surface area (Å²) in [5.41, 5.74) is 4.64. The van der Waals surface area contributed by atoms with Gasteiger partial charge in [-0.05, 0) is 48.4 Å². The van der Waals surface area contributed by atoms with E-state index in [4.69, 9.17) is 4.98 Å². The molecule has 0 saturated heterocycles. The normalized spacial score (nSPS) is 13.3. The van der Waals surface area contributed by atoms with E-state index in [1.165, 1.54) is 18.4 Å². The first-order valence-electron chi connectivity index (χ1n) is 10.7. The number of nitrogens with zero attached hydrogens (tertiary/aromatic N) is 5. The van der Waals surface area contributed by atoms with E-state index in [9.17, 15) is 25.2 Å². The summed E-state index contributed by atoms with van der Waals surface area (Å²) in [6.45, 7) is 4.05. The molecule has 0 aliphatic carbocycles. The number of aromatic nitrogens is 5. The Morgan fingerprint density at radius 2 is 1.37 bits per heavy atom. The number of unbranched alkanes of at least 4 members (excludes halogenated alkanes) is 1. The third-order valence-electron chi connectivity index (χ3n) is 4.62. The molecule has 0 radical (unpaired) electrons. The number of hydrogen-bond donors (Lipinski definition) is 0. The van der Waals surface area contributed by atoms with Crippen LogP contribution in [0.4, 0.5) is 25.2 Å². The maximum absolute atomic E-state index is 10.7. The van der Waals surface area contributed by atoms with Crippen molar-refractivity contribution in [3.8, 4) is 22.8 Å². The third kappa shape index (κ3) is 10.2. The van der Waals surface area contributed by atoms with E-state index >= 15 is 0 Å². The summed E-state index contributed by atoms with van der Waals surface area (Å²) in [4.78, 5) is 13.8. The summed E-state index contributed by atoms with van der Waals surface area (Å²) in [6.07, 6.45) is 12.4. The van der Waals surface area contributed by atoms with Crippen molar-refractivity contribution in [1.29, 1.82) is 0 Å². The summed E-state index contributed by atoms with van der Waals surface area (Å²) >= 11 is 0. The van der Waals surface area contributed by atoms with Crippen molar-refractivity contribution < 1.29 is 29.7 Å². The fourth-order valence-corrected chi connectivity index (χ4v) is 3.19. The summed E-state index contributed by atoms with van der Waals surface area (Å²) in [5.74, 6) is 0. The van der Waals surface area contributed by atoms with Gasteiger partial charge in [-0.15, -0.1) is 0 Å². The molecular weight excluding hydrogens is 491 g/mol. The first kappa shape index (κ1) is 26.3. The second-order valence-electron chi connectivity index (χ2n) is 7.81. The predicted molar refractivity (Wildman–Crippen MR) is 123 cm³/mol. The van der Waals surface area contributed by atoms with Gasteiger partial charge in [0.2, 0.25) is 6.33 Å². The van der Waals surface area contributed by atoms with Gasteiger partial charge in [-0.25, -0.2) is 14.1 Å². The maximum atomic E-state index is 9.87. The van der Waals surface area contributed by atoms with Crippen molar-refractivity contribution in [2.24, 2.45) is 0 Å². The van der Waals surface area contributed by atoms with Gasteiger partial charge in [0.05, 0.1) is 29.3 Å². The summed E-state index contributed by atoms with van der Waals surface area (Å²) in [6, 6.07) is 16.0. The van der Waals surface area contributed by atoms with Crippen LogP contribution in [0.1, 0.15) is 25.3 Å². The number of pyridine rings is 3. The van der Waals surface area contributed by atoms with Crippen molar-refractivity contribution in [1.82, 2.24) is 19.5 Å². The summed E-state index contributed by atoms with van der Waals surface area (Å²) in [5, 5.41) is 0. The zero-order valence-electron chi connectivity index (χ0n) is 18.8. The molecule has 0 unspecified atom stereocenters. The van der Waals surface area contributed by atoms with E-state index in [0.717, 1.165) is 35.9 Å². The molecule has 0 fully saturated rings. The molecule has 12 heteroatoms. The van der Waals surface area contributed by atoms with Crippen LogP contribution in [0.2, 0.25) is 0 Å². The third-order valence-corrected chi connectivity index (χ3v) is 4.62. The Morgan fingerprint density at radius 1 is 0.829 bits per heavy atom. The molecule has 35 heavy (non-hydrogen) atoms. The fraction of sp³-hybridized carbons (Fsp3) is 0.217. The monoisotopic (exact) mass is 515 g/mol. The molecule has 0 atom stereocenters. The Kier molecular flexibility index (Phi) is 7.31. The Balaban J connectivity index is 0.000000429. The molecule has 5 nitrogen and oxygen atoms in total. The molecule has 0 aliphatic rings. The van der Waals surface area contributed by atoms with Crippen LogP contribution < -0.4 is 4.57 Å².